The van der Waals surface area contributed by atoms with Gasteiger partial charge in [-0.1, -0.05) is 255 Å². The summed E-state index contributed by atoms with van der Waals surface area (Å²) in [6, 6.07) is 141. The largest absolute Gasteiger partial charge is 0.456 e. The number of furan rings is 2. The van der Waals surface area contributed by atoms with Crippen molar-refractivity contribution in [2.24, 2.45) is 0 Å². The molecule has 0 aliphatic heterocycles. The zero-order chi connectivity index (χ0) is 72.1. The molecule has 110 heavy (non-hydrogen) atoms. The zero-order valence-electron chi connectivity index (χ0n) is 59.6. The van der Waals surface area contributed by atoms with Crippen LogP contribution in [0.4, 0.5) is 0 Å². The summed E-state index contributed by atoms with van der Waals surface area (Å²) in [6.07, 6.45) is 0. The first-order valence-electron chi connectivity index (χ1n) is 37.7. The van der Waals surface area contributed by atoms with E-state index in [1.54, 1.807) is 0 Å². The molecule has 0 aliphatic carbocycles. The first-order valence-corrected chi connectivity index (χ1v) is 37.7. The molecule has 0 unspecified atom stereocenters. The lowest BCUT2D eigenvalue weighted by molar-refractivity contribution is 0.669. The van der Waals surface area contributed by atoms with E-state index in [1.807, 2.05) is 12.1 Å². The molecule has 0 bridgehead atoms. The summed E-state index contributed by atoms with van der Waals surface area (Å²) >= 11 is 0. The van der Waals surface area contributed by atoms with Crippen molar-refractivity contribution in [1.29, 1.82) is 0 Å². The molecule has 0 fully saturated rings. The maximum atomic E-state index is 6.45. The van der Waals surface area contributed by atoms with Crippen LogP contribution < -0.4 is 0 Å². The van der Waals surface area contributed by atoms with E-state index >= 15 is 0 Å². The molecular weight excluding hydrogens is 1340 g/mol. The monoisotopic (exact) mass is 1400 g/mol. The number of fused-ring (bicyclic) bond motifs is 20. The number of nitrogens with zero attached hydrogens (tertiary/aromatic N) is 4. The zero-order valence-corrected chi connectivity index (χ0v) is 59.6. The Labute approximate surface area is 631 Å². The summed E-state index contributed by atoms with van der Waals surface area (Å²) in [5, 5.41) is 19.2. The first-order chi connectivity index (χ1) is 54.5. The van der Waals surface area contributed by atoms with Crippen molar-refractivity contribution >= 4 is 153 Å². The van der Waals surface area contributed by atoms with E-state index in [4.69, 9.17) is 8.83 Å². The van der Waals surface area contributed by atoms with Gasteiger partial charge in [0.15, 0.2) is 0 Å². The second-order valence-electron chi connectivity index (χ2n) is 29.1. The van der Waals surface area contributed by atoms with E-state index in [0.29, 0.717) is 0 Å². The highest BCUT2D eigenvalue weighted by molar-refractivity contribution is 6.21. The van der Waals surface area contributed by atoms with Gasteiger partial charge in [-0.15, -0.1) is 0 Å². The molecule has 0 saturated carbocycles. The molecule has 6 heterocycles. The molecule has 18 aromatic carbocycles. The van der Waals surface area contributed by atoms with Gasteiger partial charge in [0, 0.05) is 92.8 Å². The summed E-state index contributed by atoms with van der Waals surface area (Å²) in [5.74, 6) is 0. The predicted octanol–water partition coefficient (Wildman–Crippen LogP) is 28.5. The fraction of sp³-hybridized carbons (Fsp3) is 0. The van der Waals surface area contributed by atoms with Crippen molar-refractivity contribution < 1.29 is 8.83 Å². The van der Waals surface area contributed by atoms with Gasteiger partial charge < -0.3 is 27.1 Å². The van der Waals surface area contributed by atoms with E-state index < -0.39 is 0 Å². The number of hydrogen-bond donors (Lipinski definition) is 0. The first kappa shape index (κ1) is 61.6. The van der Waals surface area contributed by atoms with Crippen LogP contribution in [0.1, 0.15) is 0 Å². The van der Waals surface area contributed by atoms with E-state index in [9.17, 15) is 0 Å². The highest BCUT2D eigenvalue weighted by atomic mass is 16.3. The molecule has 6 heteroatoms. The SMILES string of the molecule is c1ccc(-c2ccc(-n3c4ccccc4c4cc(-c5ccc6c(c5)c5cc7c(cc5n6-c5cccc6ccccc56)oc5ccccc57)ccc43)cc2)cc1.c1ccc(-c2ccc(-n3c4ccccc4c4cc(-c5ccc6c(c5)c5cc7oc8ccccc8c7cc5n6-c5cccc6ccccc56)ccc43)cc2)cc1. The highest BCUT2D eigenvalue weighted by Crippen LogP contribution is 2.46. The summed E-state index contributed by atoms with van der Waals surface area (Å²) in [6.45, 7) is 0. The van der Waals surface area contributed by atoms with E-state index in [2.05, 4.69) is 394 Å². The summed E-state index contributed by atoms with van der Waals surface area (Å²) in [7, 11) is 0. The Morgan fingerprint density at radius 3 is 0.918 bits per heavy atom. The maximum absolute atomic E-state index is 6.45. The summed E-state index contributed by atoms with van der Waals surface area (Å²) in [4.78, 5) is 0. The predicted molar refractivity (Wildman–Crippen MR) is 462 cm³/mol. The maximum Gasteiger partial charge on any atom is 0.137 e. The summed E-state index contributed by atoms with van der Waals surface area (Å²) < 4.78 is 22.6. The quantitative estimate of drug-likeness (QED) is 0.152. The number of para-hydroxylation sites is 4. The Morgan fingerprint density at radius 2 is 0.455 bits per heavy atom. The van der Waals surface area contributed by atoms with Gasteiger partial charge in [-0.2, -0.15) is 0 Å². The summed E-state index contributed by atoms with van der Waals surface area (Å²) in [5.41, 5.74) is 27.3. The molecule has 0 aliphatic rings. The van der Waals surface area contributed by atoms with Crippen LogP contribution in [0.2, 0.25) is 0 Å². The minimum absolute atomic E-state index is 0.898. The third-order valence-electron chi connectivity index (χ3n) is 23.0. The minimum atomic E-state index is 0.898. The van der Waals surface area contributed by atoms with Gasteiger partial charge in [-0.05, 0) is 183 Å². The van der Waals surface area contributed by atoms with Crippen molar-refractivity contribution in [3.05, 3.63) is 388 Å². The molecule has 0 atom stereocenters. The molecule has 6 aromatic heterocycles. The van der Waals surface area contributed by atoms with Crippen LogP contribution >= 0.6 is 0 Å². The molecule has 0 N–H and O–H groups in total. The average Bonchev–Trinajstić information content (AvgIpc) is 1.60. The number of aromatic nitrogens is 4. The molecule has 0 spiro atoms. The van der Waals surface area contributed by atoms with Crippen LogP contribution in [0.3, 0.4) is 0 Å². The van der Waals surface area contributed by atoms with Crippen LogP contribution in [0.25, 0.3) is 220 Å². The number of benzene rings is 18. The highest BCUT2D eigenvalue weighted by Gasteiger charge is 2.23. The van der Waals surface area contributed by atoms with Crippen molar-refractivity contribution in [3.63, 3.8) is 0 Å². The van der Waals surface area contributed by atoms with Crippen molar-refractivity contribution in [1.82, 2.24) is 18.3 Å². The van der Waals surface area contributed by atoms with Gasteiger partial charge >= 0.3 is 0 Å². The Balaban J connectivity index is 0.000000132. The third kappa shape index (κ3) is 9.62. The molecule has 0 amide bonds. The topological polar surface area (TPSA) is 46.0 Å². The van der Waals surface area contributed by atoms with Gasteiger partial charge in [-0.3, -0.25) is 0 Å². The van der Waals surface area contributed by atoms with Crippen LogP contribution in [0.5, 0.6) is 0 Å². The average molecular weight is 1400 g/mol. The molecule has 0 radical (unpaired) electrons. The fourth-order valence-electron chi connectivity index (χ4n) is 17.9. The van der Waals surface area contributed by atoms with Crippen LogP contribution in [-0.4, -0.2) is 18.3 Å². The van der Waals surface area contributed by atoms with E-state index in [0.717, 1.165) is 66.5 Å². The number of hydrogen-bond acceptors (Lipinski definition) is 2. The lowest BCUT2D eigenvalue weighted by Crippen LogP contribution is -1.95. The third-order valence-corrected chi connectivity index (χ3v) is 23.0. The molecular formula is C104H64N4O2. The lowest BCUT2D eigenvalue weighted by Gasteiger charge is -2.12. The van der Waals surface area contributed by atoms with Crippen molar-refractivity contribution in [2.45, 2.75) is 0 Å². The van der Waals surface area contributed by atoms with Crippen LogP contribution in [0, 0.1) is 0 Å². The van der Waals surface area contributed by atoms with Gasteiger partial charge in [0.1, 0.15) is 22.3 Å². The lowest BCUT2D eigenvalue weighted by atomic mass is 10.00. The smallest absolute Gasteiger partial charge is 0.137 e. The second-order valence-corrected chi connectivity index (χ2v) is 29.1. The fourth-order valence-corrected chi connectivity index (χ4v) is 17.9. The molecule has 512 valence electrons. The van der Waals surface area contributed by atoms with Gasteiger partial charge in [-0.25, -0.2) is 0 Å². The van der Waals surface area contributed by atoms with E-state index in [1.165, 1.54) is 153 Å². The molecule has 24 rings (SSSR count). The second kappa shape index (κ2) is 24.4. The molecule has 6 nitrogen and oxygen atoms in total. The molecule has 0 saturated heterocycles. The van der Waals surface area contributed by atoms with Gasteiger partial charge in [0.05, 0.1) is 55.5 Å². The van der Waals surface area contributed by atoms with Gasteiger partial charge in [0.2, 0.25) is 0 Å². The van der Waals surface area contributed by atoms with Crippen LogP contribution in [0.15, 0.2) is 397 Å². The van der Waals surface area contributed by atoms with Gasteiger partial charge in [0.25, 0.3) is 0 Å². The van der Waals surface area contributed by atoms with Crippen LogP contribution in [-0.2, 0) is 0 Å². The standard InChI is InChI=1S/2C52H32N2O/c1-2-11-33(12-3-1)34-21-25-38(26-22-34)53-47-18-8-6-16-40(47)42-29-36(23-27-48(42)53)37-24-28-49-43(30-37)44-32-52-45(41-17-7-9-20-51(41)55-52)31-50(44)54(49)46-19-10-14-35-13-4-5-15-39(35)46;1-2-11-33(12-3-1)34-21-25-38(26-22-34)53-47-18-8-6-16-40(47)42-29-36(23-27-48(42)53)37-24-28-49-43(30-37)44-31-45-41-17-7-9-20-51(41)55-52(45)32-50(44)54(49)46-19-10-14-35-13-4-5-15-39(35)46/h2*1-32H. The Kier molecular flexibility index (Phi) is 13.7. The normalized spacial score (nSPS) is 12.0. The van der Waals surface area contributed by atoms with Crippen molar-refractivity contribution in [3.8, 4) is 67.3 Å². The van der Waals surface area contributed by atoms with E-state index in [-0.39, 0.29) is 0 Å². The molecule has 24 aromatic rings. The minimum Gasteiger partial charge on any atom is -0.456 e. The number of rotatable bonds is 8. The Bertz CT molecular complexity index is 7860. The van der Waals surface area contributed by atoms with Crippen molar-refractivity contribution in [2.75, 3.05) is 0 Å². The Hall–Kier alpha value is -14.7. The Morgan fingerprint density at radius 1 is 0.145 bits per heavy atom.